The van der Waals surface area contributed by atoms with Gasteiger partial charge < -0.3 is 9.84 Å². The van der Waals surface area contributed by atoms with E-state index in [1.54, 1.807) is 31.2 Å². The molecule has 0 aliphatic carbocycles. The summed E-state index contributed by atoms with van der Waals surface area (Å²) in [7, 11) is -2.63. The number of sulfonamides is 1. The van der Waals surface area contributed by atoms with Crippen LogP contribution < -0.4 is 9.04 Å². The van der Waals surface area contributed by atoms with Gasteiger partial charge in [-0.25, -0.2) is 13.2 Å². The van der Waals surface area contributed by atoms with Gasteiger partial charge in [0.05, 0.1) is 29.8 Å². The third-order valence-corrected chi connectivity index (χ3v) is 6.83. The minimum absolute atomic E-state index is 0.00921. The van der Waals surface area contributed by atoms with Gasteiger partial charge >= 0.3 is 5.97 Å². The quantitative estimate of drug-likeness (QED) is 0.567. The lowest BCUT2D eigenvalue weighted by Gasteiger charge is -2.28. The van der Waals surface area contributed by atoms with Crippen LogP contribution in [-0.4, -0.2) is 26.6 Å². The molecule has 0 aromatic heterocycles. The van der Waals surface area contributed by atoms with E-state index < -0.39 is 16.0 Å². The summed E-state index contributed by atoms with van der Waals surface area (Å²) in [6.45, 7) is 1.54. The fourth-order valence-electron chi connectivity index (χ4n) is 3.08. The second kappa shape index (κ2) is 8.77. The van der Waals surface area contributed by atoms with E-state index in [-0.39, 0.29) is 27.7 Å². The number of nitrogens with zero attached hydrogens (tertiary/aromatic N) is 1. The van der Waals surface area contributed by atoms with Crippen molar-refractivity contribution in [1.82, 2.24) is 0 Å². The van der Waals surface area contributed by atoms with Crippen LogP contribution >= 0.6 is 11.6 Å². The molecule has 8 heteroatoms. The summed E-state index contributed by atoms with van der Waals surface area (Å²) in [5.74, 6) is -0.735. The van der Waals surface area contributed by atoms with Gasteiger partial charge in [-0.05, 0) is 54.4 Å². The highest BCUT2D eigenvalue weighted by molar-refractivity contribution is 7.92. The number of hydrogen-bond acceptors (Lipinski definition) is 4. The molecule has 0 bridgehead atoms. The molecule has 3 aromatic carbocycles. The number of methoxy groups -OCH3 is 1. The molecule has 0 amide bonds. The molecule has 0 fully saturated rings. The maximum atomic E-state index is 13.6. The van der Waals surface area contributed by atoms with E-state index in [9.17, 15) is 18.3 Å². The molecule has 1 N–H and O–H groups in total. The van der Waals surface area contributed by atoms with E-state index >= 15 is 0 Å². The summed E-state index contributed by atoms with van der Waals surface area (Å²) in [5, 5.41) is 10.00. The third kappa shape index (κ3) is 4.27. The van der Waals surface area contributed by atoms with E-state index in [4.69, 9.17) is 16.3 Å². The van der Waals surface area contributed by atoms with Crippen molar-refractivity contribution in [2.24, 2.45) is 0 Å². The minimum atomic E-state index is -4.12. The van der Waals surface area contributed by atoms with Gasteiger partial charge in [0, 0.05) is 5.02 Å². The third-order valence-electron chi connectivity index (χ3n) is 4.66. The molecule has 0 unspecified atom stereocenters. The summed E-state index contributed by atoms with van der Waals surface area (Å²) in [5.41, 5.74) is 0.953. The maximum Gasteiger partial charge on any atom is 0.337 e. The van der Waals surface area contributed by atoms with Gasteiger partial charge in [0.25, 0.3) is 10.0 Å². The zero-order chi connectivity index (χ0) is 21.9. The van der Waals surface area contributed by atoms with E-state index in [1.807, 2.05) is 6.07 Å². The Kier molecular flexibility index (Phi) is 6.34. The van der Waals surface area contributed by atoms with Gasteiger partial charge in [-0.2, -0.15) is 0 Å². The van der Waals surface area contributed by atoms with Crippen LogP contribution in [0.2, 0.25) is 5.02 Å². The van der Waals surface area contributed by atoms with Crippen molar-refractivity contribution in [3.63, 3.8) is 0 Å². The second-order valence-corrected chi connectivity index (χ2v) is 8.82. The molecule has 0 saturated carbocycles. The molecule has 0 atom stereocenters. The highest BCUT2D eigenvalue weighted by atomic mass is 35.5. The van der Waals surface area contributed by atoms with Crippen LogP contribution in [0.3, 0.4) is 0 Å². The molecule has 0 heterocycles. The second-order valence-electron chi connectivity index (χ2n) is 6.55. The van der Waals surface area contributed by atoms with Crippen molar-refractivity contribution in [2.75, 3.05) is 11.4 Å². The lowest BCUT2D eigenvalue weighted by molar-refractivity contribution is 0.0697. The predicted molar refractivity (Wildman–Crippen MR) is 116 cm³/mol. The zero-order valence-electron chi connectivity index (χ0n) is 16.4. The Hall–Kier alpha value is -3.03. The number of hydrogen-bond donors (Lipinski definition) is 1. The normalized spacial score (nSPS) is 11.2. The maximum absolute atomic E-state index is 13.6. The van der Waals surface area contributed by atoms with Crippen molar-refractivity contribution in [2.45, 2.75) is 18.4 Å². The average Bonchev–Trinajstić information content (AvgIpc) is 2.74. The van der Waals surface area contributed by atoms with Crippen LogP contribution in [0.15, 0.2) is 71.6 Å². The van der Waals surface area contributed by atoms with Crippen LogP contribution in [0.1, 0.15) is 21.5 Å². The topological polar surface area (TPSA) is 83.9 Å². The van der Waals surface area contributed by atoms with E-state index in [0.717, 1.165) is 4.31 Å². The molecule has 0 spiro atoms. The highest BCUT2D eigenvalue weighted by Gasteiger charge is 2.31. The van der Waals surface area contributed by atoms with Crippen molar-refractivity contribution < 1.29 is 23.1 Å². The van der Waals surface area contributed by atoms with Crippen LogP contribution in [0.4, 0.5) is 5.69 Å². The van der Waals surface area contributed by atoms with Gasteiger partial charge in [0.2, 0.25) is 0 Å². The van der Waals surface area contributed by atoms with Crippen LogP contribution in [0.25, 0.3) is 0 Å². The monoisotopic (exact) mass is 445 g/mol. The molecule has 3 rings (SSSR count). The Morgan fingerprint density at radius 2 is 1.67 bits per heavy atom. The number of halogens is 1. The number of ether oxygens (including phenoxy) is 1. The summed E-state index contributed by atoms with van der Waals surface area (Å²) in [6.07, 6.45) is 0. The smallest absolute Gasteiger partial charge is 0.337 e. The molecule has 0 saturated heterocycles. The molecular formula is C22H20ClNO5S. The van der Waals surface area contributed by atoms with E-state index in [1.165, 1.54) is 43.5 Å². The molecular weight excluding hydrogens is 426 g/mol. The lowest BCUT2D eigenvalue weighted by atomic mass is 10.1. The van der Waals surface area contributed by atoms with Crippen molar-refractivity contribution >= 4 is 33.3 Å². The van der Waals surface area contributed by atoms with Gasteiger partial charge in [-0.1, -0.05) is 41.9 Å². The Balaban J connectivity index is 2.24. The summed E-state index contributed by atoms with van der Waals surface area (Å²) in [6, 6.07) is 17.6. The van der Waals surface area contributed by atoms with Crippen LogP contribution in [0, 0.1) is 6.92 Å². The van der Waals surface area contributed by atoms with Crippen molar-refractivity contribution in [3.8, 4) is 5.75 Å². The SMILES string of the molecule is COc1ccc(S(=O)(=O)N(Cc2ccccc2)c2c(C(=O)O)ccc(Cl)c2C)cc1. The zero-order valence-corrected chi connectivity index (χ0v) is 17.9. The number of carboxylic acid groups (broad SMARTS) is 1. The van der Waals surface area contributed by atoms with E-state index in [2.05, 4.69) is 0 Å². The minimum Gasteiger partial charge on any atom is -0.497 e. The Labute approximate surface area is 180 Å². The first-order chi connectivity index (χ1) is 14.3. The van der Waals surface area contributed by atoms with Crippen LogP contribution in [0.5, 0.6) is 5.75 Å². The molecule has 30 heavy (non-hydrogen) atoms. The number of anilines is 1. The number of aromatic carboxylic acids is 1. The molecule has 6 nitrogen and oxygen atoms in total. The fourth-order valence-corrected chi connectivity index (χ4v) is 4.76. The van der Waals surface area contributed by atoms with Crippen LogP contribution in [-0.2, 0) is 16.6 Å². The summed E-state index contributed by atoms with van der Waals surface area (Å²) in [4.78, 5) is 11.9. The standard InChI is InChI=1S/C22H20ClNO5S/c1-15-20(23)13-12-19(22(25)26)21(15)24(14-16-6-4-3-5-7-16)30(27,28)18-10-8-17(29-2)9-11-18/h3-13H,14H2,1-2H3,(H,25,26). The number of rotatable bonds is 7. The van der Waals surface area contributed by atoms with Gasteiger partial charge in [0.15, 0.2) is 0 Å². The Morgan fingerprint density at radius 3 is 2.23 bits per heavy atom. The average molecular weight is 446 g/mol. The van der Waals surface area contributed by atoms with Gasteiger partial charge in [0.1, 0.15) is 5.75 Å². The van der Waals surface area contributed by atoms with Crippen molar-refractivity contribution in [1.29, 1.82) is 0 Å². The number of carboxylic acids is 1. The molecule has 156 valence electrons. The van der Waals surface area contributed by atoms with Crippen molar-refractivity contribution in [3.05, 3.63) is 88.4 Å². The summed E-state index contributed by atoms with van der Waals surface area (Å²) < 4.78 is 33.4. The molecule has 3 aromatic rings. The first-order valence-electron chi connectivity index (χ1n) is 8.99. The predicted octanol–water partition coefficient (Wildman–Crippen LogP) is 4.75. The Morgan fingerprint density at radius 1 is 1.03 bits per heavy atom. The molecule has 0 aliphatic rings. The first kappa shape index (κ1) is 21.7. The highest BCUT2D eigenvalue weighted by Crippen LogP contribution is 2.36. The largest absolute Gasteiger partial charge is 0.497 e. The molecule has 0 radical (unpaired) electrons. The number of carbonyl (C=O) groups is 1. The lowest BCUT2D eigenvalue weighted by Crippen LogP contribution is -2.32. The Bertz CT molecular complexity index is 1160. The van der Waals surface area contributed by atoms with Gasteiger partial charge in [-0.3, -0.25) is 4.31 Å². The molecule has 0 aliphatic heterocycles. The summed E-state index contributed by atoms with van der Waals surface area (Å²) >= 11 is 6.24. The van der Waals surface area contributed by atoms with E-state index in [0.29, 0.717) is 16.9 Å². The first-order valence-corrected chi connectivity index (χ1v) is 10.8. The van der Waals surface area contributed by atoms with Gasteiger partial charge in [-0.15, -0.1) is 0 Å². The fraction of sp³-hybridized carbons (Fsp3) is 0.136. The number of benzene rings is 3.